The lowest BCUT2D eigenvalue weighted by Crippen LogP contribution is -2.40. The second-order valence-corrected chi connectivity index (χ2v) is 5.72. The molecule has 0 aliphatic heterocycles. The number of nitrogens with zero attached hydrogens (tertiary/aromatic N) is 1. The first-order valence-corrected chi connectivity index (χ1v) is 8.12. The lowest BCUT2D eigenvalue weighted by molar-refractivity contribution is 0.216. The molecule has 0 radical (unpaired) electrons. The second-order valence-electron chi connectivity index (χ2n) is 4.73. The topological polar surface area (TPSA) is 38.5 Å². The first-order valence-electron chi connectivity index (χ1n) is 6.73. The zero-order valence-corrected chi connectivity index (χ0v) is 13.2. The second kappa shape index (κ2) is 8.46. The van der Waals surface area contributed by atoms with Crippen molar-refractivity contribution in [2.75, 3.05) is 32.7 Å². The molecule has 0 bridgehead atoms. The Morgan fingerprint density at radius 1 is 1.37 bits per heavy atom. The minimum Gasteiger partial charge on any atom is -0.496 e. The Balaban J connectivity index is 3.01. The Bertz CT molecular complexity index is 373. The monoisotopic (exact) mass is 282 g/mol. The molecule has 1 aromatic carbocycles. The highest BCUT2D eigenvalue weighted by Crippen LogP contribution is 2.31. The highest BCUT2D eigenvalue weighted by molar-refractivity contribution is 7.98. The molecule has 0 saturated carbocycles. The zero-order valence-electron chi connectivity index (χ0n) is 12.4. The number of thioether (sulfide) groups is 1. The van der Waals surface area contributed by atoms with Crippen molar-refractivity contribution in [3.05, 3.63) is 29.8 Å². The van der Waals surface area contributed by atoms with Gasteiger partial charge < -0.3 is 10.5 Å². The van der Waals surface area contributed by atoms with E-state index in [9.17, 15) is 0 Å². The van der Waals surface area contributed by atoms with E-state index in [2.05, 4.69) is 37.3 Å². The third-order valence-corrected chi connectivity index (χ3v) is 4.05. The van der Waals surface area contributed by atoms with Crippen LogP contribution in [0.4, 0.5) is 0 Å². The van der Waals surface area contributed by atoms with Gasteiger partial charge >= 0.3 is 0 Å². The summed E-state index contributed by atoms with van der Waals surface area (Å²) in [6, 6.07) is 8.49. The average molecular weight is 282 g/mol. The fourth-order valence-electron chi connectivity index (χ4n) is 2.30. The van der Waals surface area contributed by atoms with Crippen molar-refractivity contribution in [3.8, 4) is 5.75 Å². The van der Waals surface area contributed by atoms with Gasteiger partial charge in [-0.05, 0) is 25.8 Å². The average Bonchev–Trinajstić information content (AvgIpc) is 2.45. The summed E-state index contributed by atoms with van der Waals surface area (Å²) in [7, 11) is 3.86. The summed E-state index contributed by atoms with van der Waals surface area (Å²) in [5.74, 6) is 2.03. The quantitative estimate of drug-likeness (QED) is 0.796. The van der Waals surface area contributed by atoms with Crippen LogP contribution in [0.15, 0.2) is 24.3 Å². The molecule has 0 spiro atoms. The number of methoxy groups -OCH3 is 1. The van der Waals surface area contributed by atoms with E-state index in [-0.39, 0.29) is 12.1 Å². The van der Waals surface area contributed by atoms with E-state index >= 15 is 0 Å². The maximum atomic E-state index is 6.34. The van der Waals surface area contributed by atoms with E-state index in [1.165, 1.54) is 5.56 Å². The van der Waals surface area contributed by atoms with E-state index in [0.717, 1.165) is 24.5 Å². The summed E-state index contributed by atoms with van der Waals surface area (Å²) in [6.45, 7) is 3.16. The Kier molecular flexibility index (Phi) is 7.28. The Hall–Kier alpha value is -0.710. The molecule has 19 heavy (non-hydrogen) atoms. The van der Waals surface area contributed by atoms with Crippen LogP contribution in [-0.4, -0.2) is 43.7 Å². The molecule has 3 nitrogen and oxygen atoms in total. The van der Waals surface area contributed by atoms with Crippen LogP contribution >= 0.6 is 11.8 Å². The van der Waals surface area contributed by atoms with Gasteiger partial charge in [-0.15, -0.1) is 0 Å². The van der Waals surface area contributed by atoms with Gasteiger partial charge in [0.15, 0.2) is 0 Å². The van der Waals surface area contributed by atoms with Crippen LogP contribution in [-0.2, 0) is 0 Å². The molecule has 2 N–H and O–H groups in total. The van der Waals surface area contributed by atoms with Gasteiger partial charge in [-0.3, -0.25) is 4.90 Å². The number of benzene rings is 1. The Labute approximate surface area is 121 Å². The van der Waals surface area contributed by atoms with Crippen molar-refractivity contribution >= 4 is 11.8 Å². The fraction of sp³-hybridized carbons (Fsp3) is 0.600. The first-order chi connectivity index (χ1) is 9.15. The molecule has 2 unspecified atom stereocenters. The Morgan fingerprint density at radius 3 is 2.63 bits per heavy atom. The first kappa shape index (κ1) is 16.3. The van der Waals surface area contributed by atoms with E-state index < -0.39 is 0 Å². The summed E-state index contributed by atoms with van der Waals surface area (Å²) >= 11 is 1.86. The third-order valence-electron chi connectivity index (χ3n) is 3.46. The molecule has 1 aromatic rings. The molecular formula is C15H26N2OS. The van der Waals surface area contributed by atoms with Crippen LogP contribution in [0.2, 0.25) is 0 Å². The van der Waals surface area contributed by atoms with Gasteiger partial charge in [0.1, 0.15) is 5.75 Å². The number of likely N-dealkylation sites (N-methyl/N-ethyl adjacent to an activating group) is 1. The molecule has 0 saturated heterocycles. The third kappa shape index (κ3) is 4.41. The summed E-state index contributed by atoms with van der Waals surface area (Å²) in [5.41, 5.74) is 7.52. The van der Waals surface area contributed by atoms with Gasteiger partial charge in [-0.2, -0.15) is 11.8 Å². The maximum Gasteiger partial charge on any atom is 0.123 e. The molecule has 0 aliphatic carbocycles. The molecule has 1 rings (SSSR count). The summed E-state index contributed by atoms with van der Waals surface area (Å²) in [5, 5.41) is 0. The number of rotatable bonds is 8. The number of nitrogens with two attached hydrogens (primary N) is 1. The van der Waals surface area contributed by atoms with Crippen LogP contribution in [0.3, 0.4) is 0 Å². The standard InChI is InChI=1S/C15H26N2OS/c1-5-13(16)15(17(2)10-11-19-4)12-8-6-7-9-14(12)18-3/h6-9,13,15H,5,10-11,16H2,1-4H3. The molecule has 0 amide bonds. The largest absolute Gasteiger partial charge is 0.496 e. The number of ether oxygens (including phenoxy) is 1. The molecule has 0 fully saturated rings. The highest BCUT2D eigenvalue weighted by atomic mass is 32.2. The maximum absolute atomic E-state index is 6.34. The van der Waals surface area contributed by atoms with Gasteiger partial charge in [0, 0.05) is 23.9 Å². The predicted octanol–water partition coefficient (Wildman–Crippen LogP) is 2.77. The van der Waals surface area contributed by atoms with Gasteiger partial charge in [0.25, 0.3) is 0 Å². The van der Waals surface area contributed by atoms with Crippen molar-refractivity contribution in [3.63, 3.8) is 0 Å². The van der Waals surface area contributed by atoms with Gasteiger partial charge in [0.05, 0.1) is 13.2 Å². The summed E-state index contributed by atoms with van der Waals surface area (Å²) in [4.78, 5) is 2.34. The SMILES string of the molecule is CCC(N)C(c1ccccc1OC)N(C)CCSC. The lowest BCUT2D eigenvalue weighted by Gasteiger charge is -2.33. The van der Waals surface area contributed by atoms with Crippen molar-refractivity contribution in [2.24, 2.45) is 5.73 Å². The molecule has 0 aromatic heterocycles. The van der Waals surface area contributed by atoms with Crippen molar-refractivity contribution in [1.29, 1.82) is 0 Å². The number of hydrogen-bond donors (Lipinski definition) is 1. The minimum atomic E-state index is 0.114. The normalized spacial score (nSPS) is 14.4. The summed E-state index contributed by atoms with van der Waals surface area (Å²) in [6.07, 6.45) is 3.08. The minimum absolute atomic E-state index is 0.114. The van der Waals surface area contributed by atoms with Crippen LogP contribution in [0.1, 0.15) is 24.9 Å². The zero-order chi connectivity index (χ0) is 14.3. The fourth-order valence-corrected chi connectivity index (χ4v) is 2.77. The number of para-hydroxylation sites is 1. The van der Waals surface area contributed by atoms with Crippen LogP contribution in [0.5, 0.6) is 5.75 Å². The van der Waals surface area contributed by atoms with Gasteiger partial charge in [-0.25, -0.2) is 0 Å². The molecule has 0 heterocycles. The molecule has 108 valence electrons. The van der Waals surface area contributed by atoms with E-state index in [4.69, 9.17) is 10.5 Å². The lowest BCUT2D eigenvalue weighted by atomic mass is 9.96. The van der Waals surface area contributed by atoms with Crippen molar-refractivity contribution in [1.82, 2.24) is 4.90 Å². The van der Waals surface area contributed by atoms with Crippen LogP contribution in [0.25, 0.3) is 0 Å². The smallest absolute Gasteiger partial charge is 0.123 e. The summed E-state index contributed by atoms with van der Waals surface area (Å²) < 4.78 is 5.49. The predicted molar refractivity (Wildman–Crippen MR) is 85.0 cm³/mol. The molecule has 4 heteroatoms. The highest BCUT2D eigenvalue weighted by Gasteiger charge is 2.25. The van der Waals surface area contributed by atoms with E-state index in [0.29, 0.717) is 0 Å². The van der Waals surface area contributed by atoms with E-state index in [1.54, 1.807) is 7.11 Å². The number of hydrogen-bond acceptors (Lipinski definition) is 4. The van der Waals surface area contributed by atoms with E-state index in [1.807, 2.05) is 23.9 Å². The van der Waals surface area contributed by atoms with Crippen LogP contribution < -0.4 is 10.5 Å². The van der Waals surface area contributed by atoms with Gasteiger partial charge in [-0.1, -0.05) is 25.1 Å². The molecular weight excluding hydrogens is 256 g/mol. The molecule has 2 atom stereocenters. The van der Waals surface area contributed by atoms with Crippen molar-refractivity contribution in [2.45, 2.75) is 25.4 Å². The van der Waals surface area contributed by atoms with Crippen molar-refractivity contribution < 1.29 is 4.74 Å². The molecule has 0 aliphatic rings. The Morgan fingerprint density at radius 2 is 2.05 bits per heavy atom. The van der Waals surface area contributed by atoms with Crippen LogP contribution in [0, 0.1) is 0 Å². The van der Waals surface area contributed by atoms with Gasteiger partial charge in [0.2, 0.25) is 0 Å².